The Labute approximate surface area is 66.7 Å². The first kappa shape index (κ1) is 10.9. The maximum absolute atomic E-state index is 10.2. The summed E-state index contributed by atoms with van der Waals surface area (Å²) in [5, 5.41) is 8.19. The molecule has 0 aromatic rings. The van der Waals surface area contributed by atoms with Crippen LogP contribution in [0.3, 0.4) is 0 Å². The maximum Gasteiger partial charge on any atom is 0.384 e. The topological polar surface area (TPSA) is 121 Å². The van der Waals surface area contributed by atoms with Gasteiger partial charge in [0.15, 0.2) is 0 Å². The fraction of sp³-hybridized carbons (Fsp3) is 0.667. The van der Waals surface area contributed by atoms with Crippen LogP contribution in [0.4, 0.5) is 0 Å². The molecule has 0 bridgehead atoms. The Morgan fingerprint density at radius 3 is 2.36 bits per heavy atom. The Bertz CT molecular complexity index is 190. The van der Waals surface area contributed by atoms with E-state index in [1.54, 1.807) is 0 Å². The number of aliphatic carboxylic acids is 1. The summed E-state index contributed by atoms with van der Waals surface area (Å²) in [6.45, 7) is -4.19. The van der Waals surface area contributed by atoms with Gasteiger partial charge in [-0.2, -0.15) is 0 Å². The lowest BCUT2D eigenvalue weighted by Gasteiger charge is -2.05. The first-order valence-electron chi connectivity index (χ1n) is 2.51. The van der Waals surface area contributed by atoms with Crippen LogP contribution in [-0.4, -0.2) is 32.7 Å². The Morgan fingerprint density at radius 1 is 1.64 bits per heavy atom. The maximum atomic E-state index is 10.2. The van der Waals surface area contributed by atoms with Crippen molar-refractivity contribution in [2.75, 3.05) is 5.75 Å². The van der Waals surface area contributed by atoms with Gasteiger partial charge in [-0.25, -0.2) is 4.57 Å². The predicted molar refractivity (Wildman–Crippen MR) is 40.1 cm³/mol. The van der Waals surface area contributed by atoms with E-state index in [2.05, 4.69) is 0 Å². The molecular formula is C3H8NO5PS. The van der Waals surface area contributed by atoms with Gasteiger partial charge < -0.3 is 20.6 Å². The lowest BCUT2D eigenvalue weighted by Crippen LogP contribution is -2.32. The molecule has 0 aromatic carbocycles. The van der Waals surface area contributed by atoms with Gasteiger partial charge in [0.2, 0.25) is 0 Å². The molecular weight excluding hydrogens is 193 g/mol. The summed E-state index contributed by atoms with van der Waals surface area (Å²) in [4.78, 5) is 26.6. The second kappa shape index (κ2) is 4.08. The van der Waals surface area contributed by atoms with E-state index in [1.807, 2.05) is 0 Å². The van der Waals surface area contributed by atoms with Gasteiger partial charge in [0.1, 0.15) is 6.04 Å². The molecule has 0 rings (SSSR count). The van der Waals surface area contributed by atoms with E-state index in [0.717, 1.165) is 0 Å². The smallest absolute Gasteiger partial charge is 0.384 e. The van der Waals surface area contributed by atoms with E-state index in [0.29, 0.717) is 0 Å². The van der Waals surface area contributed by atoms with Crippen molar-refractivity contribution in [3.05, 3.63) is 0 Å². The van der Waals surface area contributed by atoms with Crippen molar-refractivity contribution in [3.63, 3.8) is 0 Å². The van der Waals surface area contributed by atoms with Crippen molar-refractivity contribution >= 4 is 24.1 Å². The lowest BCUT2D eigenvalue weighted by molar-refractivity contribution is -0.137. The molecule has 0 unspecified atom stereocenters. The molecule has 66 valence electrons. The molecule has 0 amide bonds. The third-order valence-electron chi connectivity index (χ3n) is 0.739. The van der Waals surface area contributed by atoms with Crippen LogP contribution in [0.5, 0.6) is 0 Å². The van der Waals surface area contributed by atoms with E-state index in [9.17, 15) is 9.36 Å². The highest BCUT2D eigenvalue weighted by Crippen LogP contribution is 2.50. The lowest BCUT2D eigenvalue weighted by atomic mass is 10.4. The SMILES string of the molecule is N[C@@H](CSP(=O)(O)O)C(=O)O. The van der Waals surface area contributed by atoms with Gasteiger partial charge in [-0.3, -0.25) is 4.79 Å². The van der Waals surface area contributed by atoms with Gasteiger partial charge in [0.05, 0.1) is 0 Å². The summed E-state index contributed by atoms with van der Waals surface area (Å²) in [5.74, 6) is -1.56. The van der Waals surface area contributed by atoms with Gasteiger partial charge in [-0.05, 0) is 11.4 Å². The Balaban J connectivity index is 3.72. The minimum atomic E-state index is -4.19. The largest absolute Gasteiger partial charge is 0.480 e. The highest BCUT2D eigenvalue weighted by atomic mass is 32.7. The average molecular weight is 201 g/mol. The van der Waals surface area contributed by atoms with Crippen LogP contribution in [0.15, 0.2) is 0 Å². The predicted octanol–water partition coefficient (Wildman–Crippen LogP) is -0.776. The fourth-order valence-corrected chi connectivity index (χ4v) is 1.81. The first-order chi connectivity index (χ1) is 4.83. The zero-order chi connectivity index (χ0) is 9.07. The molecule has 0 aromatic heterocycles. The van der Waals surface area contributed by atoms with E-state index in [-0.39, 0.29) is 17.1 Å². The third kappa shape index (κ3) is 6.33. The molecule has 0 saturated heterocycles. The van der Waals surface area contributed by atoms with Gasteiger partial charge in [-0.15, -0.1) is 0 Å². The Hall–Kier alpha value is -0.0700. The molecule has 6 nitrogen and oxygen atoms in total. The van der Waals surface area contributed by atoms with Gasteiger partial charge in [0.25, 0.3) is 0 Å². The van der Waals surface area contributed by atoms with Crippen LogP contribution in [0.2, 0.25) is 0 Å². The van der Waals surface area contributed by atoms with Gasteiger partial charge in [0, 0.05) is 5.75 Å². The number of hydrogen-bond donors (Lipinski definition) is 4. The normalized spacial score (nSPS) is 14.5. The van der Waals surface area contributed by atoms with Crippen molar-refractivity contribution in [3.8, 4) is 0 Å². The second-order valence-corrected chi connectivity index (χ2v) is 5.51. The molecule has 8 heteroatoms. The van der Waals surface area contributed by atoms with Crippen molar-refractivity contribution in [1.82, 2.24) is 0 Å². The zero-order valence-electron chi connectivity index (χ0n) is 5.38. The molecule has 0 aliphatic carbocycles. The second-order valence-electron chi connectivity index (χ2n) is 1.73. The average Bonchev–Trinajstić information content (AvgIpc) is 1.80. The molecule has 1 atom stereocenters. The highest BCUT2D eigenvalue weighted by Gasteiger charge is 2.19. The molecule has 0 radical (unpaired) electrons. The molecule has 0 spiro atoms. The van der Waals surface area contributed by atoms with Crippen molar-refractivity contribution in [2.24, 2.45) is 5.73 Å². The summed E-state index contributed by atoms with van der Waals surface area (Å²) in [6, 6.07) is -1.23. The van der Waals surface area contributed by atoms with Crippen LogP contribution in [0.25, 0.3) is 0 Å². The summed E-state index contributed by atoms with van der Waals surface area (Å²) in [6.07, 6.45) is 0. The molecule has 5 N–H and O–H groups in total. The van der Waals surface area contributed by atoms with E-state index in [1.165, 1.54) is 0 Å². The molecule has 0 heterocycles. The van der Waals surface area contributed by atoms with Crippen LogP contribution >= 0.6 is 18.2 Å². The summed E-state index contributed by atoms with van der Waals surface area (Å²) >= 11 is 0.231. The van der Waals surface area contributed by atoms with Gasteiger partial charge >= 0.3 is 12.8 Å². The standard InChI is InChI=1S/C3H8NO5PS/c4-2(3(5)6)1-11-10(7,8)9/h2H,1,4H2,(H,5,6)(H2,7,8,9)/t2-/m0/s1. The van der Waals surface area contributed by atoms with Crippen molar-refractivity contribution in [2.45, 2.75) is 6.04 Å². The molecule has 0 aliphatic rings. The molecule has 11 heavy (non-hydrogen) atoms. The third-order valence-corrected chi connectivity index (χ3v) is 3.04. The van der Waals surface area contributed by atoms with Crippen molar-refractivity contribution in [1.29, 1.82) is 0 Å². The van der Waals surface area contributed by atoms with Crippen LogP contribution < -0.4 is 5.73 Å². The number of nitrogens with two attached hydrogens (primary N) is 1. The minimum Gasteiger partial charge on any atom is -0.480 e. The molecule has 0 aliphatic heterocycles. The van der Waals surface area contributed by atoms with Crippen LogP contribution in [-0.2, 0) is 9.36 Å². The van der Waals surface area contributed by atoms with E-state index in [4.69, 9.17) is 20.6 Å². The minimum absolute atomic E-state index is 0.231. The van der Waals surface area contributed by atoms with Gasteiger partial charge in [-0.1, -0.05) is 0 Å². The monoisotopic (exact) mass is 201 g/mol. The number of rotatable bonds is 4. The summed E-state index contributed by atoms with van der Waals surface area (Å²) in [5.41, 5.74) is 4.96. The zero-order valence-corrected chi connectivity index (χ0v) is 7.09. The Kier molecular flexibility index (Phi) is 4.05. The van der Waals surface area contributed by atoms with E-state index >= 15 is 0 Å². The molecule has 0 saturated carbocycles. The summed E-state index contributed by atoms with van der Waals surface area (Å²) < 4.78 is 10.2. The number of carboxylic acids is 1. The van der Waals surface area contributed by atoms with E-state index < -0.39 is 18.8 Å². The van der Waals surface area contributed by atoms with Crippen LogP contribution in [0.1, 0.15) is 0 Å². The number of carbonyl (C=O) groups is 1. The first-order valence-corrected chi connectivity index (χ1v) is 5.71. The number of carboxylic acid groups (broad SMARTS) is 1. The summed E-state index contributed by atoms with van der Waals surface area (Å²) in [7, 11) is 0. The van der Waals surface area contributed by atoms with Crippen LogP contribution in [0, 0.1) is 0 Å². The Morgan fingerprint density at radius 2 is 2.09 bits per heavy atom. The quantitative estimate of drug-likeness (QED) is 0.440. The van der Waals surface area contributed by atoms with Crippen molar-refractivity contribution < 1.29 is 24.3 Å². The molecule has 0 fully saturated rings. The highest BCUT2D eigenvalue weighted by molar-refractivity contribution is 8.54. The number of hydrogen-bond acceptors (Lipinski definition) is 4. The fourth-order valence-electron chi connectivity index (χ4n) is 0.249.